The zero-order valence-electron chi connectivity index (χ0n) is 21.4. The summed E-state index contributed by atoms with van der Waals surface area (Å²) in [6, 6.07) is 21.6. The van der Waals surface area contributed by atoms with Crippen LogP contribution in [0.3, 0.4) is 0 Å². The number of aromatic nitrogens is 1. The molecule has 1 heterocycles. The average molecular weight is 565 g/mol. The molecule has 0 aliphatic rings. The molecule has 0 amide bonds. The normalized spacial score (nSPS) is 11.5. The number of aromatic hydroxyl groups is 1. The van der Waals surface area contributed by atoms with Crippen molar-refractivity contribution in [1.29, 1.82) is 0 Å². The van der Waals surface area contributed by atoms with Crippen LogP contribution in [0, 0.1) is 0 Å². The number of ether oxygens (including phenoxy) is 2. The number of thiazole rings is 1. The summed E-state index contributed by atoms with van der Waals surface area (Å²) in [5, 5.41) is 19.0. The van der Waals surface area contributed by atoms with Gasteiger partial charge in [0.2, 0.25) is 0 Å². The van der Waals surface area contributed by atoms with Crippen molar-refractivity contribution in [2.75, 3.05) is 42.7 Å². The topological polar surface area (TPSA) is 122 Å². The molecule has 39 heavy (non-hydrogen) atoms. The van der Waals surface area contributed by atoms with E-state index in [0.29, 0.717) is 41.8 Å². The average Bonchev–Trinajstić information content (AvgIpc) is 3.35. The standard InChI is InChI=1S/C28H28N4O5S2/c1-36-15-14-29-21-9-12-23-18(16-21)6-13-25-26(23)31-28(38-25)32-39(34,35)22-10-7-20(8-11-22)30-17-19-4-3-5-24(37-2)27(19)33/h3-13,16,29-30,33H,14-15,17H2,1-2H3,(H,31,32). The Labute approximate surface area is 230 Å². The van der Waals surface area contributed by atoms with E-state index in [2.05, 4.69) is 20.3 Å². The molecule has 1 aromatic heterocycles. The molecule has 0 saturated heterocycles. The maximum Gasteiger partial charge on any atom is 0.263 e. The summed E-state index contributed by atoms with van der Waals surface area (Å²) in [4.78, 5) is 4.72. The van der Waals surface area contributed by atoms with Gasteiger partial charge in [-0.15, -0.1) is 0 Å². The van der Waals surface area contributed by atoms with Crippen molar-refractivity contribution < 1.29 is 23.0 Å². The molecule has 5 aromatic rings. The van der Waals surface area contributed by atoms with E-state index in [9.17, 15) is 13.5 Å². The van der Waals surface area contributed by atoms with Gasteiger partial charge < -0.3 is 25.2 Å². The number of para-hydroxylation sites is 1. The summed E-state index contributed by atoms with van der Waals surface area (Å²) in [7, 11) is -0.682. The molecule has 0 saturated carbocycles. The molecule has 5 rings (SSSR count). The summed E-state index contributed by atoms with van der Waals surface area (Å²) in [5.41, 5.74) is 3.10. The number of fused-ring (bicyclic) bond motifs is 3. The lowest BCUT2D eigenvalue weighted by molar-refractivity contribution is 0.211. The lowest BCUT2D eigenvalue weighted by atomic mass is 10.1. The van der Waals surface area contributed by atoms with Crippen molar-refractivity contribution in [2.45, 2.75) is 11.4 Å². The third-order valence-corrected chi connectivity index (χ3v) is 8.60. The Balaban J connectivity index is 1.29. The number of phenolic OH excluding ortho intramolecular Hbond substituents is 1. The Morgan fingerprint density at radius 3 is 2.51 bits per heavy atom. The highest BCUT2D eigenvalue weighted by Crippen LogP contribution is 2.34. The first-order chi connectivity index (χ1) is 18.9. The molecule has 0 aliphatic carbocycles. The summed E-state index contributed by atoms with van der Waals surface area (Å²) < 4.78 is 39.9. The van der Waals surface area contributed by atoms with Crippen LogP contribution in [0.1, 0.15) is 5.56 Å². The van der Waals surface area contributed by atoms with E-state index < -0.39 is 10.0 Å². The van der Waals surface area contributed by atoms with Crippen molar-refractivity contribution in [3.8, 4) is 11.5 Å². The molecule has 0 fully saturated rings. The predicted octanol–water partition coefficient (Wildman–Crippen LogP) is 5.63. The van der Waals surface area contributed by atoms with Crippen LogP contribution >= 0.6 is 11.3 Å². The van der Waals surface area contributed by atoms with Crippen LogP contribution in [-0.2, 0) is 21.3 Å². The van der Waals surface area contributed by atoms with Gasteiger partial charge >= 0.3 is 0 Å². The van der Waals surface area contributed by atoms with Crippen molar-refractivity contribution in [3.05, 3.63) is 78.4 Å². The lowest BCUT2D eigenvalue weighted by Crippen LogP contribution is -2.12. The fourth-order valence-electron chi connectivity index (χ4n) is 4.17. The number of hydrogen-bond acceptors (Lipinski definition) is 9. The van der Waals surface area contributed by atoms with E-state index in [4.69, 9.17) is 9.47 Å². The van der Waals surface area contributed by atoms with Crippen LogP contribution in [0.5, 0.6) is 11.5 Å². The van der Waals surface area contributed by atoms with Gasteiger partial charge in [0.1, 0.15) is 0 Å². The van der Waals surface area contributed by atoms with Crippen LogP contribution in [0.15, 0.2) is 77.7 Å². The summed E-state index contributed by atoms with van der Waals surface area (Å²) in [6.45, 7) is 1.66. The highest BCUT2D eigenvalue weighted by molar-refractivity contribution is 7.93. The number of rotatable bonds is 11. The van der Waals surface area contributed by atoms with Gasteiger partial charge in [0.15, 0.2) is 16.6 Å². The Morgan fingerprint density at radius 1 is 0.949 bits per heavy atom. The summed E-state index contributed by atoms with van der Waals surface area (Å²) in [6.07, 6.45) is 0. The first-order valence-electron chi connectivity index (χ1n) is 12.2. The second kappa shape index (κ2) is 11.4. The maximum absolute atomic E-state index is 13.1. The molecule has 0 radical (unpaired) electrons. The second-order valence-corrected chi connectivity index (χ2v) is 11.5. The minimum atomic E-state index is -3.84. The minimum absolute atomic E-state index is 0.0682. The van der Waals surface area contributed by atoms with E-state index in [0.717, 1.165) is 26.7 Å². The zero-order chi connectivity index (χ0) is 27.4. The maximum atomic E-state index is 13.1. The second-order valence-electron chi connectivity index (χ2n) is 8.74. The van der Waals surface area contributed by atoms with E-state index in [1.165, 1.54) is 30.6 Å². The largest absolute Gasteiger partial charge is 0.504 e. The van der Waals surface area contributed by atoms with Crippen LogP contribution in [0.25, 0.3) is 21.0 Å². The van der Waals surface area contributed by atoms with Gasteiger partial charge in [-0.1, -0.05) is 35.6 Å². The fourth-order valence-corrected chi connectivity index (χ4v) is 6.29. The number of anilines is 3. The number of sulfonamides is 1. The van der Waals surface area contributed by atoms with Crippen molar-refractivity contribution in [1.82, 2.24) is 4.98 Å². The van der Waals surface area contributed by atoms with Gasteiger partial charge in [-0.2, -0.15) is 0 Å². The summed E-state index contributed by atoms with van der Waals surface area (Å²) >= 11 is 1.29. The van der Waals surface area contributed by atoms with Crippen molar-refractivity contribution in [2.24, 2.45) is 0 Å². The number of benzene rings is 4. The number of hydrogen-bond donors (Lipinski definition) is 4. The molecule has 0 aliphatic heterocycles. The van der Waals surface area contributed by atoms with Gasteiger partial charge in [-0.3, -0.25) is 4.72 Å². The lowest BCUT2D eigenvalue weighted by Gasteiger charge is -2.11. The zero-order valence-corrected chi connectivity index (χ0v) is 23.0. The highest BCUT2D eigenvalue weighted by atomic mass is 32.2. The SMILES string of the molecule is COCCNc1ccc2c(ccc3sc(NS(=O)(=O)c4ccc(NCc5cccc(OC)c5O)cc4)nc32)c1. The van der Waals surface area contributed by atoms with E-state index in [1.54, 1.807) is 37.4 Å². The van der Waals surface area contributed by atoms with Gasteiger partial charge in [-0.05, 0) is 53.9 Å². The van der Waals surface area contributed by atoms with E-state index in [-0.39, 0.29) is 10.6 Å². The van der Waals surface area contributed by atoms with Gasteiger partial charge in [0, 0.05) is 42.5 Å². The molecule has 11 heteroatoms. The quantitative estimate of drug-likeness (QED) is 0.152. The highest BCUT2D eigenvalue weighted by Gasteiger charge is 2.18. The van der Waals surface area contributed by atoms with Crippen LogP contribution in [-0.4, -0.2) is 45.9 Å². The van der Waals surface area contributed by atoms with Crippen LogP contribution in [0.4, 0.5) is 16.5 Å². The van der Waals surface area contributed by atoms with E-state index in [1.807, 2.05) is 30.3 Å². The minimum Gasteiger partial charge on any atom is -0.504 e. The predicted molar refractivity (Wildman–Crippen MR) is 157 cm³/mol. The monoisotopic (exact) mass is 564 g/mol. The number of nitrogens with one attached hydrogen (secondary N) is 3. The Hall–Kier alpha value is -4.06. The molecule has 0 bridgehead atoms. The molecule has 0 spiro atoms. The van der Waals surface area contributed by atoms with Crippen LogP contribution in [0.2, 0.25) is 0 Å². The molecule has 4 N–H and O–H groups in total. The number of nitrogens with zero attached hydrogens (tertiary/aromatic N) is 1. The third-order valence-electron chi connectivity index (χ3n) is 6.18. The Kier molecular flexibility index (Phi) is 7.73. The molecular weight excluding hydrogens is 536 g/mol. The smallest absolute Gasteiger partial charge is 0.263 e. The summed E-state index contributed by atoms with van der Waals surface area (Å²) in [5.74, 6) is 0.461. The number of phenols is 1. The van der Waals surface area contributed by atoms with Gasteiger partial charge in [0.25, 0.3) is 10.0 Å². The molecule has 0 atom stereocenters. The molecule has 9 nitrogen and oxygen atoms in total. The van der Waals surface area contributed by atoms with Crippen LogP contribution < -0.4 is 20.1 Å². The van der Waals surface area contributed by atoms with Crippen molar-refractivity contribution in [3.63, 3.8) is 0 Å². The molecule has 4 aromatic carbocycles. The first kappa shape index (κ1) is 26.5. The van der Waals surface area contributed by atoms with Gasteiger partial charge in [0.05, 0.1) is 28.8 Å². The molecular formula is C28H28N4O5S2. The third kappa shape index (κ3) is 5.85. The fraction of sp³-hybridized carbons (Fsp3) is 0.179. The number of methoxy groups -OCH3 is 2. The van der Waals surface area contributed by atoms with Crippen molar-refractivity contribution >= 4 is 58.9 Å². The van der Waals surface area contributed by atoms with Gasteiger partial charge in [-0.25, -0.2) is 13.4 Å². The molecule has 0 unspecified atom stereocenters. The Bertz CT molecular complexity index is 1720. The first-order valence-corrected chi connectivity index (χ1v) is 14.5. The Morgan fingerprint density at radius 2 is 1.74 bits per heavy atom. The molecule has 202 valence electrons. The van der Waals surface area contributed by atoms with E-state index >= 15 is 0 Å².